The van der Waals surface area contributed by atoms with E-state index in [1.165, 1.54) is 5.56 Å². The molecule has 0 bridgehead atoms. The minimum absolute atomic E-state index is 0.651. The van der Waals surface area contributed by atoms with Gasteiger partial charge in [-0.2, -0.15) is 0 Å². The van der Waals surface area contributed by atoms with Gasteiger partial charge in [0.2, 0.25) is 0 Å². The quantitative estimate of drug-likeness (QED) is 0.780. The van der Waals surface area contributed by atoms with E-state index in [0.29, 0.717) is 5.56 Å². The topological polar surface area (TPSA) is 29.5 Å². The number of ether oxygens (including phenoxy) is 1. The molecule has 0 atom stereocenters. The SMILES string of the molecule is COc1ccc(C=O)cc1-c1ccc(CN(C)C)cc1. The van der Waals surface area contributed by atoms with E-state index in [2.05, 4.69) is 29.2 Å². The monoisotopic (exact) mass is 269 g/mol. The van der Waals surface area contributed by atoms with Gasteiger partial charge in [-0.25, -0.2) is 0 Å². The summed E-state index contributed by atoms with van der Waals surface area (Å²) in [6, 6.07) is 13.8. The number of carbonyl (C=O) groups is 1. The first-order valence-corrected chi connectivity index (χ1v) is 6.51. The molecular formula is C17H19NO2. The first kappa shape index (κ1) is 14.3. The lowest BCUT2D eigenvalue weighted by Gasteiger charge is -2.12. The molecular weight excluding hydrogens is 250 g/mol. The van der Waals surface area contributed by atoms with E-state index < -0.39 is 0 Å². The van der Waals surface area contributed by atoms with Gasteiger partial charge < -0.3 is 9.64 Å². The van der Waals surface area contributed by atoms with E-state index in [-0.39, 0.29) is 0 Å². The average Bonchev–Trinajstić information content (AvgIpc) is 2.46. The Labute approximate surface area is 119 Å². The maximum absolute atomic E-state index is 10.9. The first-order valence-electron chi connectivity index (χ1n) is 6.51. The molecule has 0 aliphatic heterocycles. The second kappa shape index (κ2) is 6.35. The van der Waals surface area contributed by atoms with Crippen molar-refractivity contribution in [1.29, 1.82) is 0 Å². The van der Waals surface area contributed by atoms with E-state index in [9.17, 15) is 4.79 Å². The lowest BCUT2D eigenvalue weighted by Crippen LogP contribution is -2.10. The summed E-state index contributed by atoms with van der Waals surface area (Å²) in [5.41, 5.74) is 3.89. The Kier molecular flexibility index (Phi) is 4.53. The third kappa shape index (κ3) is 3.25. The summed E-state index contributed by atoms with van der Waals surface area (Å²) in [7, 11) is 5.73. The summed E-state index contributed by atoms with van der Waals surface area (Å²) in [6.07, 6.45) is 0.851. The second-order valence-electron chi connectivity index (χ2n) is 5.01. The van der Waals surface area contributed by atoms with Crippen molar-refractivity contribution in [3.63, 3.8) is 0 Å². The Hall–Kier alpha value is -2.13. The number of aldehydes is 1. The van der Waals surface area contributed by atoms with Crippen LogP contribution in [-0.2, 0) is 6.54 Å². The zero-order valence-electron chi connectivity index (χ0n) is 12.1. The standard InChI is InChI=1S/C17H19NO2/c1-18(2)11-13-4-7-15(8-5-13)16-10-14(12-19)6-9-17(16)20-3/h4-10,12H,11H2,1-3H3. The van der Waals surface area contributed by atoms with Gasteiger partial charge in [0.25, 0.3) is 0 Å². The molecule has 0 aromatic heterocycles. The van der Waals surface area contributed by atoms with Crippen LogP contribution in [0.4, 0.5) is 0 Å². The fraction of sp³-hybridized carbons (Fsp3) is 0.235. The van der Waals surface area contributed by atoms with Gasteiger partial charge in [0, 0.05) is 17.7 Å². The van der Waals surface area contributed by atoms with Gasteiger partial charge in [-0.1, -0.05) is 24.3 Å². The highest BCUT2D eigenvalue weighted by Gasteiger charge is 2.07. The van der Waals surface area contributed by atoms with Gasteiger partial charge in [-0.05, 0) is 43.4 Å². The predicted octanol–water partition coefficient (Wildman–Crippen LogP) is 3.24. The summed E-state index contributed by atoms with van der Waals surface area (Å²) in [5, 5.41) is 0. The third-order valence-electron chi connectivity index (χ3n) is 3.12. The molecule has 0 aliphatic rings. The molecule has 3 heteroatoms. The van der Waals surface area contributed by atoms with E-state index in [1.807, 2.05) is 26.2 Å². The largest absolute Gasteiger partial charge is 0.496 e. The van der Waals surface area contributed by atoms with Gasteiger partial charge >= 0.3 is 0 Å². The van der Waals surface area contributed by atoms with Crippen LogP contribution in [0.2, 0.25) is 0 Å². The number of hydrogen-bond acceptors (Lipinski definition) is 3. The molecule has 0 spiro atoms. The van der Waals surface area contributed by atoms with Crippen LogP contribution in [0.15, 0.2) is 42.5 Å². The van der Waals surface area contributed by atoms with Gasteiger partial charge in [-0.15, -0.1) is 0 Å². The van der Waals surface area contributed by atoms with Crippen LogP contribution in [0, 0.1) is 0 Å². The molecule has 0 saturated heterocycles. The zero-order chi connectivity index (χ0) is 14.5. The summed E-state index contributed by atoms with van der Waals surface area (Å²) in [4.78, 5) is 13.0. The van der Waals surface area contributed by atoms with Gasteiger partial charge in [0.05, 0.1) is 7.11 Å². The Balaban J connectivity index is 2.37. The van der Waals surface area contributed by atoms with Crippen molar-refractivity contribution < 1.29 is 9.53 Å². The molecule has 0 aliphatic carbocycles. The van der Waals surface area contributed by atoms with Crippen molar-refractivity contribution in [3.05, 3.63) is 53.6 Å². The van der Waals surface area contributed by atoms with Gasteiger partial charge in [0.15, 0.2) is 0 Å². The van der Waals surface area contributed by atoms with Crippen molar-refractivity contribution >= 4 is 6.29 Å². The van der Waals surface area contributed by atoms with Crippen LogP contribution in [0.25, 0.3) is 11.1 Å². The van der Waals surface area contributed by atoms with Crippen molar-refractivity contribution in [1.82, 2.24) is 4.90 Å². The van der Waals surface area contributed by atoms with Crippen LogP contribution in [0.1, 0.15) is 15.9 Å². The lowest BCUT2D eigenvalue weighted by molar-refractivity contribution is 0.112. The smallest absolute Gasteiger partial charge is 0.150 e. The Morgan fingerprint density at radius 1 is 1.10 bits per heavy atom. The van der Waals surface area contributed by atoms with Crippen molar-refractivity contribution in [2.75, 3.05) is 21.2 Å². The van der Waals surface area contributed by atoms with Crippen LogP contribution < -0.4 is 4.74 Å². The van der Waals surface area contributed by atoms with Crippen molar-refractivity contribution in [2.45, 2.75) is 6.54 Å². The Morgan fingerprint density at radius 2 is 1.80 bits per heavy atom. The number of rotatable bonds is 5. The number of hydrogen-bond donors (Lipinski definition) is 0. The van der Waals surface area contributed by atoms with Gasteiger partial charge in [-0.3, -0.25) is 4.79 Å². The molecule has 0 unspecified atom stereocenters. The number of benzene rings is 2. The molecule has 0 saturated carbocycles. The average molecular weight is 269 g/mol. The van der Waals surface area contributed by atoms with Crippen LogP contribution in [-0.4, -0.2) is 32.4 Å². The fourth-order valence-electron chi connectivity index (χ4n) is 2.18. The maximum atomic E-state index is 10.9. The van der Waals surface area contributed by atoms with Crippen LogP contribution in [0.5, 0.6) is 5.75 Å². The summed E-state index contributed by atoms with van der Waals surface area (Å²) < 4.78 is 5.37. The summed E-state index contributed by atoms with van der Waals surface area (Å²) in [6.45, 7) is 0.909. The molecule has 2 rings (SSSR count). The lowest BCUT2D eigenvalue weighted by atomic mass is 10.0. The van der Waals surface area contributed by atoms with E-state index >= 15 is 0 Å². The molecule has 0 amide bonds. The van der Waals surface area contributed by atoms with E-state index in [1.54, 1.807) is 13.2 Å². The predicted molar refractivity (Wildman–Crippen MR) is 81.2 cm³/mol. The van der Waals surface area contributed by atoms with Crippen molar-refractivity contribution in [2.24, 2.45) is 0 Å². The van der Waals surface area contributed by atoms with E-state index in [0.717, 1.165) is 29.7 Å². The van der Waals surface area contributed by atoms with Gasteiger partial charge in [0.1, 0.15) is 12.0 Å². The highest BCUT2D eigenvalue weighted by atomic mass is 16.5. The maximum Gasteiger partial charge on any atom is 0.150 e. The minimum atomic E-state index is 0.651. The molecule has 0 N–H and O–H groups in total. The molecule has 0 radical (unpaired) electrons. The minimum Gasteiger partial charge on any atom is -0.496 e. The normalized spacial score (nSPS) is 10.6. The summed E-state index contributed by atoms with van der Waals surface area (Å²) in [5.74, 6) is 0.774. The molecule has 3 nitrogen and oxygen atoms in total. The molecule has 2 aromatic carbocycles. The second-order valence-corrected chi connectivity index (χ2v) is 5.01. The third-order valence-corrected chi connectivity index (χ3v) is 3.12. The molecule has 0 heterocycles. The highest BCUT2D eigenvalue weighted by molar-refractivity contribution is 5.81. The molecule has 104 valence electrons. The Morgan fingerprint density at radius 3 is 2.35 bits per heavy atom. The van der Waals surface area contributed by atoms with E-state index in [4.69, 9.17) is 4.74 Å². The van der Waals surface area contributed by atoms with Crippen LogP contribution >= 0.6 is 0 Å². The molecule has 0 fully saturated rings. The number of nitrogens with zero attached hydrogens (tertiary/aromatic N) is 1. The first-order chi connectivity index (χ1) is 9.63. The zero-order valence-corrected chi connectivity index (χ0v) is 12.1. The summed E-state index contributed by atoms with van der Waals surface area (Å²) >= 11 is 0. The Bertz CT molecular complexity index is 588. The highest BCUT2D eigenvalue weighted by Crippen LogP contribution is 2.30. The molecule has 2 aromatic rings. The number of carbonyl (C=O) groups excluding carboxylic acids is 1. The van der Waals surface area contributed by atoms with Crippen LogP contribution in [0.3, 0.4) is 0 Å². The number of methoxy groups -OCH3 is 1. The molecule has 20 heavy (non-hydrogen) atoms. The fourth-order valence-corrected chi connectivity index (χ4v) is 2.18. The van der Waals surface area contributed by atoms with Crippen molar-refractivity contribution in [3.8, 4) is 16.9 Å².